The van der Waals surface area contributed by atoms with Crippen LogP contribution in [-0.4, -0.2) is 28.8 Å². The van der Waals surface area contributed by atoms with Crippen LogP contribution in [0.2, 0.25) is 0 Å². The molecule has 1 aliphatic heterocycles. The Morgan fingerprint density at radius 3 is 2.87 bits per heavy atom. The summed E-state index contributed by atoms with van der Waals surface area (Å²) in [7, 11) is 0. The lowest BCUT2D eigenvalue weighted by atomic mass is 9.91. The molecule has 2 rings (SSSR count). The summed E-state index contributed by atoms with van der Waals surface area (Å²) in [5.41, 5.74) is 0.394. The Hall–Kier alpha value is -1.19. The van der Waals surface area contributed by atoms with Gasteiger partial charge in [-0.1, -0.05) is 18.2 Å². The van der Waals surface area contributed by atoms with Crippen molar-refractivity contribution in [2.75, 3.05) is 13.1 Å². The molecule has 0 unspecified atom stereocenters. The lowest BCUT2D eigenvalue weighted by molar-refractivity contribution is 0.0590. The number of nitrogens with zero attached hydrogens (tertiary/aromatic N) is 1. The zero-order valence-electron chi connectivity index (χ0n) is 8.69. The molecular weight excluding hydrogens is 188 g/mol. The summed E-state index contributed by atoms with van der Waals surface area (Å²) in [4.78, 5) is 4.03. The van der Waals surface area contributed by atoms with Crippen molar-refractivity contribution in [3.8, 4) is 0 Å². The maximum atomic E-state index is 10.2. The third-order valence-electron chi connectivity index (χ3n) is 2.74. The maximum Gasteiger partial charge on any atom is 0.0855 e. The van der Waals surface area contributed by atoms with E-state index in [0.717, 1.165) is 31.5 Å². The summed E-state index contributed by atoms with van der Waals surface area (Å²) in [6, 6.07) is 3.88. The molecule has 0 atom stereocenters. The van der Waals surface area contributed by atoms with Crippen molar-refractivity contribution in [1.29, 1.82) is 0 Å². The Labute approximate surface area is 89.9 Å². The van der Waals surface area contributed by atoms with Crippen LogP contribution in [-0.2, 0) is 0 Å². The Morgan fingerprint density at radius 1 is 1.40 bits per heavy atom. The summed E-state index contributed by atoms with van der Waals surface area (Å²) < 4.78 is 0. The molecule has 0 radical (unpaired) electrons. The second-order valence-electron chi connectivity index (χ2n) is 3.97. The van der Waals surface area contributed by atoms with Crippen LogP contribution in [0.3, 0.4) is 0 Å². The number of pyridine rings is 1. The molecule has 1 aromatic heterocycles. The predicted molar refractivity (Wildman–Crippen MR) is 60.3 cm³/mol. The van der Waals surface area contributed by atoms with Gasteiger partial charge >= 0.3 is 0 Å². The highest BCUT2D eigenvalue weighted by Gasteiger charge is 2.25. The second kappa shape index (κ2) is 4.55. The fourth-order valence-electron chi connectivity index (χ4n) is 1.75. The highest BCUT2D eigenvalue weighted by atomic mass is 16.3. The maximum absolute atomic E-state index is 10.2. The van der Waals surface area contributed by atoms with E-state index in [2.05, 4.69) is 10.3 Å². The van der Waals surface area contributed by atoms with Gasteiger partial charge in [-0.05, 0) is 37.6 Å². The van der Waals surface area contributed by atoms with Gasteiger partial charge in [0, 0.05) is 12.4 Å². The molecule has 3 nitrogen and oxygen atoms in total. The van der Waals surface area contributed by atoms with Crippen molar-refractivity contribution >= 4 is 6.08 Å². The van der Waals surface area contributed by atoms with Gasteiger partial charge in [-0.3, -0.25) is 4.98 Å². The second-order valence-corrected chi connectivity index (χ2v) is 3.97. The lowest BCUT2D eigenvalue weighted by Gasteiger charge is -2.29. The highest BCUT2D eigenvalue weighted by molar-refractivity contribution is 5.49. The van der Waals surface area contributed by atoms with Crippen molar-refractivity contribution in [1.82, 2.24) is 10.3 Å². The number of hydrogen-bond donors (Lipinski definition) is 2. The molecule has 3 heteroatoms. The van der Waals surface area contributed by atoms with E-state index in [4.69, 9.17) is 0 Å². The van der Waals surface area contributed by atoms with E-state index < -0.39 is 5.60 Å². The molecule has 1 aromatic rings. The van der Waals surface area contributed by atoms with Gasteiger partial charge in [0.25, 0.3) is 0 Å². The normalized spacial score (nSPS) is 20.6. The van der Waals surface area contributed by atoms with E-state index in [1.165, 1.54) is 0 Å². The van der Waals surface area contributed by atoms with E-state index in [1.807, 2.05) is 24.3 Å². The number of aromatic nitrogens is 1. The van der Waals surface area contributed by atoms with E-state index in [-0.39, 0.29) is 0 Å². The first kappa shape index (κ1) is 10.3. The van der Waals surface area contributed by atoms with Crippen molar-refractivity contribution < 1.29 is 5.11 Å². The van der Waals surface area contributed by atoms with Crippen LogP contribution in [0.15, 0.2) is 30.6 Å². The first-order valence-electron chi connectivity index (χ1n) is 5.31. The molecule has 0 amide bonds. The molecule has 0 saturated carbocycles. The molecular formula is C12H16N2O. The summed E-state index contributed by atoms with van der Waals surface area (Å²) in [5.74, 6) is 0. The SMILES string of the molecule is OC1(/C=C/c2cccnc2)CCNCC1. The average Bonchev–Trinajstić information content (AvgIpc) is 2.29. The van der Waals surface area contributed by atoms with Gasteiger partial charge in [-0.2, -0.15) is 0 Å². The first-order chi connectivity index (χ1) is 7.29. The lowest BCUT2D eigenvalue weighted by Crippen LogP contribution is -2.40. The number of rotatable bonds is 2. The number of nitrogens with one attached hydrogen (secondary N) is 1. The van der Waals surface area contributed by atoms with Crippen molar-refractivity contribution in [3.05, 3.63) is 36.2 Å². The van der Waals surface area contributed by atoms with Crippen LogP contribution < -0.4 is 5.32 Å². The van der Waals surface area contributed by atoms with Crippen molar-refractivity contribution in [2.24, 2.45) is 0 Å². The quantitative estimate of drug-likeness (QED) is 0.761. The molecule has 2 N–H and O–H groups in total. The number of piperidine rings is 1. The number of hydrogen-bond acceptors (Lipinski definition) is 3. The van der Waals surface area contributed by atoms with Gasteiger partial charge < -0.3 is 10.4 Å². The van der Waals surface area contributed by atoms with Crippen LogP contribution in [0.4, 0.5) is 0 Å². The minimum atomic E-state index is -0.638. The Balaban J connectivity index is 2.04. The van der Waals surface area contributed by atoms with Gasteiger partial charge in [-0.25, -0.2) is 0 Å². The summed E-state index contributed by atoms with van der Waals surface area (Å²) in [6.07, 6.45) is 8.94. The van der Waals surface area contributed by atoms with E-state index in [0.29, 0.717) is 0 Å². The van der Waals surface area contributed by atoms with Gasteiger partial charge in [0.15, 0.2) is 0 Å². The molecule has 2 heterocycles. The van der Waals surface area contributed by atoms with Gasteiger partial charge in [0.1, 0.15) is 0 Å². The fraction of sp³-hybridized carbons (Fsp3) is 0.417. The molecule has 1 fully saturated rings. The molecule has 1 aliphatic rings. The predicted octanol–water partition coefficient (Wildman–Crippen LogP) is 1.21. The summed E-state index contributed by atoms with van der Waals surface area (Å²) >= 11 is 0. The van der Waals surface area contributed by atoms with Crippen LogP contribution in [0.1, 0.15) is 18.4 Å². The monoisotopic (exact) mass is 204 g/mol. The zero-order valence-corrected chi connectivity index (χ0v) is 8.69. The molecule has 0 aliphatic carbocycles. The average molecular weight is 204 g/mol. The highest BCUT2D eigenvalue weighted by Crippen LogP contribution is 2.20. The largest absolute Gasteiger partial charge is 0.386 e. The molecule has 0 aromatic carbocycles. The van der Waals surface area contributed by atoms with E-state index in [1.54, 1.807) is 12.4 Å². The Morgan fingerprint density at radius 2 is 2.20 bits per heavy atom. The Bertz CT molecular complexity index is 329. The molecule has 1 saturated heterocycles. The summed E-state index contributed by atoms with van der Waals surface area (Å²) in [5, 5.41) is 13.4. The van der Waals surface area contributed by atoms with Crippen molar-refractivity contribution in [2.45, 2.75) is 18.4 Å². The fourth-order valence-corrected chi connectivity index (χ4v) is 1.75. The molecule has 80 valence electrons. The summed E-state index contributed by atoms with van der Waals surface area (Å²) in [6.45, 7) is 1.77. The van der Waals surface area contributed by atoms with Crippen LogP contribution in [0.5, 0.6) is 0 Å². The zero-order chi connectivity index (χ0) is 10.6. The third-order valence-corrected chi connectivity index (χ3v) is 2.74. The van der Waals surface area contributed by atoms with Gasteiger partial charge in [-0.15, -0.1) is 0 Å². The van der Waals surface area contributed by atoms with E-state index >= 15 is 0 Å². The van der Waals surface area contributed by atoms with Crippen molar-refractivity contribution in [3.63, 3.8) is 0 Å². The smallest absolute Gasteiger partial charge is 0.0855 e. The van der Waals surface area contributed by atoms with Crippen LogP contribution >= 0.6 is 0 Å². The standard InChI is InChI=1S/C12H16N2O/c15-12(5-8-13-9-6-12)4-3-11-2-1-7-14-10-11/h1-4,7,10,13,15H,5-6,8-9H2/b4-3+. The Kier molecular flexibility index (Phi) is 3.14. The van der Waals surface area contributed by atoms with E-state index in [9.17, 15) is 5.11 Å². The minimum absolute atomic E-state index is 0.638. The molecule has 0 spiro atoms. The first-order valence-corrected chi connectivity index (χ1v) is 5.31. The molecule has 15 heavy (non-hydrogen) atoms. The minimum Gasteiger partial charge on any atom is -0.386 e. The van der Waals surface area contributed by atoms with Gasteiger partial charge in [0.2, 0.25) is 0 Å². The number of aliphatic hydroxyl groups is 1. The van der Waals surface area contributed by atoms with Crippen LogP contribution in [0.25, 0.3) is 6.08 Å². The third kappa shape index (κ3) is 2.88. The topological polar surface area (TPSA) is 45.2 Å². The van der Waals surface area contributed by atoms with Crippen LogP contribution in [0, 0.1) is 0 Å². The van der Waals surface area contributed by atoms with Gasteiger partial charge in [0.05, 0.1) is 5.60 Å². The molecule has 0 bridgehead atoms.